The molecule has 2 atom stereocenters. The molecule has 0 aliphatic carbocycles. The Hall–Kier alpha value is -5.76. The van der Waals surface area contributed by atoms with Gasteiger partial charge in [-0.25, -0.2) is 18.4 Å². The molecule has 0 saturated heterocycles. The Kier molecular flexibility index (Phi) is 31.9. The normalized spacial score (nSPS) is 12.3. The van der Waals surface area contributed by atoms with E-state index in [0.717, 1.165) is 34.4 Å². The molecule has 0 bridgehead atoms. The smallest absolute Gasteiger partial charge is 0.279 e. The van der Waals surface area contributed by atoms with Gasteiger partial charge in [-0.15, -0.1) is 0 Å². The standard InChI is InChI=1S/C30H36NO6P.C29H34NO7P.CH3ClO2S/c1-4-27-23-26(24-30(31-27)38(32,37-5-2)29-9-7-6-8-10-29)12-11-25-13-15-28(16-14-25)36-22-21-35-20-19-34-18-17-33-3;1-3-37-38(32,28-7-5-4-6-8-28)29-22-25(21-26(23-31)30-29)10-9-24-11-13-27(14-12-24)36-20-19-35-18-17-34-16-15-33-2;1-5(2,3)4/h6-10,13-16,23-24H,4-5,17-22H2,1-3H3;4-8,11-14,21-22,31H,3,15-20,23H2,1-2H3;1H3. The van der Waals surface area contributed by atoms with Crippen molar-refractivity contribution >= 4 is 55.9 Å². The highest BCUT2D eigenvalue weighted by atomic mass is 35.7. The fourth-order valence-electron chi connectivity index (χ4n) is 6.93. The second kappa shape index (κ2) is 38.1. The van der Waals surface area contributed by atoms with Crippen LogP contribution in [0, 0.1) is 23.7 Å². The molecule has 0 fully saturated rings. The lowest BCUT2D eigenvalue weighted by molar-refractivity contribution is 0.0180. The number of aryl methyl sites for hydroxylation is 1. The van der Waals surface area contributed by atoms with Crippen molar-refractivity contribution in [1.82, 2.24) is 9.97 Å². The van der Waals surface area contributed by atoms with Crippen LogP contribution in [0.4, 0.5) is 0 Å². The summed E-state index contributed by atoms with van der Waals surface area (Å²) in [5.74, 6) is 14.0. The molecule has 0 spiro atoms. The fraction of sp³-hybridized carbons (Fsp3) is 0.367. The largest absolute Gasteiger partial charge is 0.491 e. The SMILES string of the molecule is CCOP(=O)(c1ccccc1)c1cc(C#Cc2ccc(OCCOCCOCCOC)cc2)cc(CC)n1.CCOP(=O)(c1ccccc1)c1cc(C#Cc2ccc(OCCOCCOCCOC)cc2)cc(CO)n1.CS(=O)(=O)Cl. The van der Waals surface area contributed by atoms with Gasteiger partial charge in [-0.05, 0) is 117 Å². The quantitative estimate of drug-likeness (QED) is 0.0197. The van der Waals surface area contributed by atoms with Gasteiger partial charge in [-0.2, -0.15) is 0 Å². The molecule has 2 heterocycles. The van der Waals surface area contributed by atoms with Crippen LogP contribution in [-0.2, 0) is 68.7 Å². The maximum atomic E-state index is 14.0. The van der Waals surface area contributed by atoms with E-state index in [2.05, 4.69) is 44.3 Å². The van der Waals surface area contributed by atoms with Crippen molar-refractivity contribution in [1.29, 1.82) is 0 Å². The minimum Gasteiger partial charge on any atom is -0.491 e. The van der Waals surface area contributed by atoms with Crippen LogP contribution in [0.3, 0.4) is 0 Å². The van der Waals surface area contributed by atoms with Gasteiger partial charge in [0.1, 0.15) is 35.6 Å². The molecule has 6 aromatic rings. The zero-order valence-electron chi connectivity index (χ0n) is 46.8. The Balaban J connectivity index is 0.000000321. The predicted molar refractivity (Wildman–Crippen MR) is 317 cm³/mol. The molecule has 6 rings (SSSR count). The van der Waals surface area contributed by atoms with E-state index in [1.165, 1.54) is 0 Å². The van der Waals surface area contributed by atoms with Crippen LogP contribution in [0.25, 0.3) is 0 Å². The van der Waals surface area contributed by atoms with Gasteiger partial charge in [0, 0.05) is 63.5 Å². The molecule has 0 radical (unpaired) electrons. The molecule has 0 aliphatic rings. The van der Waals surface area contributed by atoms with E-state index >= 15 is 0 Å². The number of aliphatic hydroxyl groups is 1. The number of aromatic nitrogens is 2. The number of methoxy groups -OCH3 is 2. The first-order valence-corrected chi connectivity index (χ1v) is 32.1. The highest BCUT2D eigenvalue weighted by molar-refractivity contribution is 8.13. The Labute approximate surface area is 482 Å². The summed E-state index contributed by atoms with van der Waals surface area (Å²) >= 11 is 0. The van der Waals surface area contributed by atoms with Crippen LogP contribution in [0.5, 0.6) is 11.5 Å². The van der Waals surface area contributed by atoms with Gasteiger partial charge in [-0.1, -0.05) is 67.0 Å². The van der Waals surface area contributed by atoms with E-state index in [1.54, 1.807) is 63.6 Å². The first-order valence-electron chi connectivity index (χ1n) is 26.1. The summed E-state index contributed by atoms with van der Waals surface area (Å²) in [5.41, 5.74) is 4.81. The van der Waals surface area contributed by atoms with E-state index in [0.29, 0.717) is 125 Å². The maximum absolute atomic E-state index is 14.0. The number of nitrogens with zero attached hydrogens (tertiary/aromatic N) is 2. The molecular weight excluding hydrogens is 1120 g/mol. The van der Waals surface area contributed by atoms with Gasteiger partial charge in [-0.3, -0.25) is 9.13 Å². The average molecular weight is 1190 g/mol. The molecule has 0 amide bonds. The van der Waals surface area contributed by atoms with Gasteiger partial charge in [0.2, 0.25) is 9.05 Å². The van der Waals surface area contributed by atoms with Gasteiger partial charge in [0.05, 0.1) is 97.8 Å². The average Bonchev–Trinajstić information content (AvgIpc) is 3.57. The van der Waals surface area contributed by atoms with Crippen molar-refractivity contribution in [3.8, 4) is 35.2 Å². The predicted octanol–water partition coefficient (Wildman–Crippen LogP) is 7.85. The monoisotopic (exact) mass is 1190 g/mol. The van der Waals surface area contributed by atoms with E-state index in [-0.39, 0.29) is 18.6 Å². The van der Waals surface area contributed by atoms with Gasteiger partial charge >= 0.3 is 0 Å². The van der Waals surface area contributed by atoms with Crippen molar-refractivity contribution < 1.29 is 69.6 Å². The van der Waals surface area contributed by atoms with E-state index in [1.807, 2.05) is 105 Å². The van der Waals surface area contributed by atoms with Crippen LogP contribution in [0.1, 0.15) is 54.4 Å². The second-order valence-electron chi connectivity index (χ2n) is 16.9. The number of ether oxygens (including phenoxy) is 8. The number of hydrogen-bond donors (Lipinski definition) is 1. The third-order valence-corrected chi connectivity index (χ3v) is 15.5. The number of rotatable bonds is 30. The third kappa shape index (κ3) is 25.9. The second-order valence-corrected chi connectivity index (χ2v) is 24.6. The van der Waals surface area contributed by atoms with Crippen molar-refractivity contribution in [2.24, 2.45) is 0 Å². The number of halogens is 1. The maximum Gasteiger partial charge on any atom is 0.279 e. The molecule has 0 aliphatic heterocycles. The minimum absolute atomic E-state index is 0.252. The molecule has 436 valence electrons. The number of pyridine rings is 2. The lowest BCUT2D eigenvalue weighted by Gasteiger charge is -2.18. The lowest BCUT2D eigenvalue weighted by Crippen LogP contribution is -2.22. The first-order chi connectivity index (χ1) is 39.2. The van der Waals surface area contributed by atoms with Gasteiger partial charge in [0.15, 0.2) is 0 Å². The molecule has 21 heteroatoms. The molecule has 81 heavy (non-hydrogen) atoms. The Morgan fingerprint density at radius 2 is 0.815 bits per heavy atom. The van der Waals surface area contributed by atoms with Crippen LogP contribution >= 0.6 is 25.4 Å². The van der Waals surface area contributed by atoms with Crippen molar-refractivity contribution in [2.75, 3.05) is 113 Å². The number of hydrogen-bond acceptors (Lipinski definition) is 17. The third-order valence-electron chi connectivity index (χ3n) is 10.7. The highest BCUT2D eigenvalue weighted by Gasteiger charge is 2.32. The number of benzene rings is 4. The summed E-state index contributed by atoms with van der Waals surface area (Å²) in [6.45, 7) is 12.0. The summed E-state index contributed by atoms with van der Waals surface area (Å²) < 4.78 is 101. The van der Waals surface area contributed by atoms with Crippen LogP contribution in [0.2, 0.25) is 0 Å². The summed E-state index contributed by atoms with van der Waals surface area (Å²) in [6.07, 6.45) is 1.62. The first kappa shape index (κ1) is 67.7. The van der Waals surface area contributed by atoms with E-state index < -0.39 is 23.8 Å². The molecule has 0 saturated carbocycles. The molecule has 1 N–H and O–H groups in total. The van der Waals surface area contributed by atoms with Crippen molar-refractivity contribution in [3.05, 3.63) is 167 Å². The van der Waals surface area contributed by atoms with Crippen LogP contribution < -0.4 is 31.0 Å². The Morgan fingerprint density at radius 1 is 0.481 bits per heavy atom. The molecular formula is C60H73ClN2O15P2S. The van der Waals surface area contributed by atoms with Crippen molar-refractivity contribution in [3.63, 3.8) is 0 Å². The van der Waals surface area contributed by atoms with Crippen LogP contribution in [0.15, 0.2) is 133 Å². The summed E-state index contributed by atoms with van der Waals surface area (Å²) in [4.78, 5) is 9.06. The molecule has 2 aromatic heterocycles. The molecule has 2 unspecified atom stereocenters. The fourth-order valence-corrected chi connectivity index (χ4v) is 11.0. The van der Waals surface area contributed by atoms with Crippen LogP contribution in [-0.4, -0.2) is 136 Å². The summed E-state index contributed by atoms with van der Waals surface area (Å²) in [5, 5.41) is 10.9. The zero-order valence-corrected chi connectivity index (χ0v) is 50.1. The molecule has 17 nitrogen and oxygen atoms in total. The van der Waals surface area contributed by atoms with Gasteiger partial charge in [0.25, 0.3) is 14.7 Å². The molecule has 4 aromatic carbocycles. The number of aliphatic hydroxyl groups excluding tert-OH is 1. The van der Waals surface area contributed by atoms with E-state index in [9.17, 15) is 22.7 Å². The Morgan fingerprint density at radius 3 is 1.16 bits per heavy atom. The van der Waals surface area contributed by atoms with E-state index in [4.69, 9.17) is 46.9 Å². The topological polar surface area (TPSA) is 207 Å². The van der Waals surface area contributed by atoms with Gasteiger partial charge < -0.3 is 52.0 Å². The van der Waals surface area contributed by atoms with Crippen molar-refractivity contribution in [2.45, 2.75) is 33.8 Å². The highest BCUT2D eigenvalue weighted by Crippen LogP contribution is 2.45. The minimum atomic E-state index is -3.45. The summed E-state index contributed by atoms with van der Waals surface area (Å²) in [6, 6.07) is 40.2. The Bertz CT molecular complexity index is 2900. The summed E-state index contributed by atoms with van der Waals surface area (Å²) in [7, 11) is -2.20. The zero-order chi connectivity index (χ0) is 58.6. The lowest BCUT2D eigenvalue weighted by atomic mass is 10.1.